The minimum Gasteiger partial charge on any atom is -0.481 e. The van der Waals surface area contributed by atoms with Gasteiger partial charge in [0.25, 0.3) is 5.91 Å². The van der Waals surface area contributed by atoms with E-state index >= 15 is 0 Å². The van der Waals surface area contributed by atoms with Gasteiger partial charge in [0.2, 0.25) is 5.88 Å². The van der Waals surface area contributed by atoms with E-state index in [0.29, 0.717) is 39.9 Å². The third-order valence-corrected chi connectivity index (χ3v) is 6.98. The van der Waals surface area contributed by atoms with Gasteiger partial charge in [-0.25, -0.2) is 9.37 Å². The molecule has 0 bridgehead atoms. The molecule has 1 aliphatic rings. The number of methoxy groups -OCH3 is 1. The van der Waals surface area contributed by atoms with Crippen LogP contribution in [0.25, 0.3) is 10.2 Å². The molecule has 2 aromatic heterocycles. The molecule has 1 amide bonds. The molecule has 4 N–H and O–H groups in total. The van der Waals surface area contributed by atoms with Gasteiger partial charge in [0.15, 0.2) is 0 Å². The molecule has 0 radical (unpaired) electrons. The number of fused-ring (bicyclic) bond motifs is 1. The van der Waals surface area contributed by atoms with E-state index in [9.17, 15) is 9.18 Å². The molecule has 164 valence electrons. The second-order valence-corrected chi connectivity index (χ2v) is 8.92. The number of hydrogen-bond donors (Lipinski definition) is 3. The van der Waals surface area contributed by atoms with Crippen molar-refractivity contribution in [1.29, 1.82) is 0 Å². The number of amides is 1. The van der Waals surface area contributed by atoms with E-state index in [0.717, 1.165) is 42.4 Å². The Balaban J connectivity index is 1.42. The molecule has 1 saturated heterocycles. The third kappa shape index (κ3) is 4.59. The van der Waals surface area contributed by atoms with E-state index in [1.54, 1.807) is 18.2 Å². The molecule has 1 aliphatic heterocycles. The minimum absolute atomic E-state index is 0.233. The lowest BCUT2D eigenvalue weighted by Crippen LogP contribution is -2.44. The molecule has 31 heavy (non-hydrogen) atoms. The van der Waals surface area contributed by atoms with Gasteiger partial charge in [-0.05, 0) is 35.5 Å². The van der Waals surface area contributed by atoms with Crippen molar-refractivity contribution in [3.05, 3.63) is 40.5 Å². The SMILES string of the molecule is COc1ccc2c(N)c(C(=O)NCCc3cc(F)c(N4CCNCC4)cc3P)sc2n1. The van der Waals surface area contributed by atoms with Crippen LogP contribution in [0.1, 0.15) is 15.2 Å². The van der Waals surface area contributed by atoms with Crippen molar-refractivity contribution in [2.75, 3.05) is 50.5 Å². The maximum absolute atomic E-state index is 14.7. The highest BCUT2D eigenvalue weighted by Crippen LogP contribution is 2.33. The van der Waals surface area contributed by atoms with Gasteiger partial charge in [-0.2, -0.15) is 0 Å². The van der Waals surface area contributed by atoms with E-state index in [4.69, 9.17) is 10.5 Å². The number of benzene rings is 1. The summed E-state index contributed by atoms with van der Waals surface area (Å²) in [6, 6.07) is 6.95. The number of thiophene rings is 1. The number of pyridine rings is 1. The molecule has 0 aliphatic carbocycles. The molecular formula is C21H25FN5O2PS. The summed E-state index contributed by atoms with van der Waals surface area (Å²) in [5.41, 5.74) is 8.03. The highest BCUT2D eigenvalue weighted by atomic mass is 32.1. The van der Waals surface area contributed by atoms with E-state index in [2.05, 4.69) is 29.8 Å². The number of piperazine rings is 1. The molecular weight excluding hydrogens is 436 g/mol. The number of nitrogens with one attached hydrogen (secondary N) is 2. The smallest absolute Gasteiger partial charge is 0.263 e. The highest BCUT2D eigenvalue weighted by Gasteiger charge is 2.19. The average Bonchev–Trinajstić information content (AvgIpc) is 3.12. The Kier molecular flexibility index (Phi) is 6.55. The predicted octanol–water partition coefficient (Wildman–Crippen LogP) is 1.91. The molecule has 10 heteroatoms. The van der Waals surface area contributed by atoms with Crippen molar-refractivity contribution < 1.29 is 13.9 Å². The van der Waals surface area contributed by atoms with E-state index in [-0.39, 0.29) is 11.7 Å². The lowest BCUT2D eigenvalue weighted by molar-refractivity contribution is 0.0959. The summed E-state index contributed by atoms with van der Waals surface area (Å²) in [6.45, 7) is 3.64. The maximum atomic E-state index is 14.7. The molecule has 0 spiro atoms. The monoisotopic (exact) mass is 461 g/mol. The Morgan fingerprint density at radius 1 is 1.39 bits per heavy atom. The number of halogens is 1. The zero-order valence-corrected chi connectivity index (χ0v) is 19.2. The third-order valence-electron chi connectivity index (χ3n) is 5.33. The number of rotatable bonds is 6. The summed E-state index contributed by atoms with van der Waals surface area (Å²) in [5, 5.41) is 7.82. The topological polar surface area (TPSA) is 92.5 Å². The van der Waals surface area contributed by atoms with Gasteiger partial charge in [0.05, 0.1) is 18.5 Å². The molecule has 1 atom stereocenters. The Labute approximate surface area is 186 Å². The molecule has 0 saturated carbocycles. The zero-order valence-electron chi connectivity index (χ0n) is 17.2. The highest BCUT2D eigenvalue weighted by molar-refractivity contribution is 7.27. The number of carbonyl (C=O) groups excluding carboxylic acids is 1. The van der Waals surface area contributed by atoms with Gasteiger partial charge < -0.3 is 26.0 Å². The molecule has 1 aromatic carbocycles. The van der Waals surface area contributed by atoms with E-state index in [1.165, 1.54) is 18.4 Å². The standard InChI is InChI=1S/C21H25FN5O2PS/c1-29-17-3-2-13-18(23)19(31-21(13)26-17)20(28)25-5-4-12-10-14(22)15(11-16(12)30)27-8-6-24-7-9-27/h2-3,10-11,24H,4-9,23,30H2,1H3,(H,25,28). The fourth-order valence-corrected chi connectivity index (χ4v) is 5.02. The van der Waals surface area contributed by atoms with Crippen LogP contribution in [0.4, 0.5) is 15.8 Å². The average molecular weight is 462 g/mol. The van der Waals surface area contributed by atoms with E-state index < -0.39 is 0 Å². The normalized spacial score (nSPS) is 14.1. The number of nitrogens with two attached hydrogens (primary N) is 1. The first-order valence-corrected chi connectivity index (χ1v) is 11.4. The molecule has 1 fully saturated rings. The Morgan fingerprint density at radius 2 is 2.16 bits per heavy atom. The van der Waals surface area contributed by atoms with Gasteiger partial charge in [0, 0.05) is 44.2 Å². The molecule has 4 rings (SSSR count). The van der Waals surface area contributed by atoms with Gasteiger partial charge in [-0.1, -0.05) is 0 Å². The first kappa shape index (κ1) is 21.7. The number of anilines is 2. The van der Waals surface area contributed by atoms with Crippen LogP contribution in [0.15, 0.2) is 24.3 Å². The van der Waals surface area contributed by atoms with Gasteiger partial charge in [-0.3, -0.25) is 4.79 Å². The molecule has 1 unspecified atom stereocenters. The largest absolute Gasteiger partial charge is 0.481 e. The predicted molar refractivity (Wildman–Crippen MR) is 127 cm³/mol. The van der Waals surface area contributed by atoms with Crippen molar-refractivity contribution in [3.8, 4) is 5.88 Å². The first-order chi connectivity index (χ1) is 15.0. The Hall–Kier alpha value is -2.48. The summed E-state index contributed by atoms with van der Waals surface area (Å²) < 4.78 is 19.8. The number of hydrogen-bond acceptors (Lipinski definition) is 7. The van der Waals surface area contributed by atoms with Crippen LogP contribution in [0.5, 0.6) is 5.88 Å². The second kappa shape index (κ2) is 9.34. The van der Waals surface area contributed by atoms with Crippen molar-refractivity contribution >= 4 is 53.4 Å². The summed E-state index contributed by atoms with van der Waals surface area (Å²) in [4.78, 5) is 20.1. The van der Waals surface area contributed by atoms with Crippen LogP contribution >= 0.6 is 20.6 Å². The van der Waals surface area contributed by atoms with Gasteiger partial charge in [-0.15, -0.1) is 20.6 Å². The Morgan fingerprint density at radius 3 is 2.90 bits per heavy atom. The Bertz CT molecular complexity index is 1120. The summed E-state index contributed by atoms with van der Waals surface area (Å²) in [6.07, 6.45) is 0.514. The molecule has 3 aromatic rings. The van der Waals surface area contributed by atoms with Crippen LogP contribution in [-0.4, -0.2) is 50.7 Å². The fraction of sp³-hybridized carbons (Fsp3) is 0.333. The molecule has 3 heterocycles. The van der Waals surface area contributed by atoms with E-state index in [1.807, 2.05) is 6.07 Å². The van der Waals surface area contributed by atoms with Crippen LogP contribution in [0.2, 0.25) is 0 Å². The number of ether oxygens (including phenoxy) is 1. The molecule has 7 nitrogen and oxygen atoms in total. The number of nitrogen functional groups attached to an aromatic ring is 1. The van der Waals surface area contributed by atoms with Crippen molar-refractivity contribution in [3.63, 3.8) is 0 Å². The first-order valence-electron chi connectivity index (χ1n) is 10.0. The van der Waals surface area contributed by atoms with Crippen molar-refractivity contribution in [2.24, 2.45) is 0 Å². The lowest BCUT2D eigenvalue weighted by atomic mass is 10.1. The summed E-state index contributed by atoms with van der Waals surface area (Å²) >= 11 is 1.23. The number of nitrogens with zero attached hydrogens (tertiary/aromatic N) is 2. The quantitative estimate of drug-likeness (QED) is 0.486. The van der Waals surface area contributed by atoms with Crippen molar-refractivity contribution in [2.45, 2.75) is 6.42 Å². The summed E-state index contributed by atoms with van der Waals surface area (Å²) in [7, 11) is 4.22. The van der Waals surface area contributed by atoms with Crippen LogP contribution in [0.3, 0.4) is 0 Å². The van der Waals surface area contributed by atoms with Gasteiger partial charge >= 0.3 is 0 Å². The van der Waals surface area contributed by atoms with Crippen LogP contribution in [0, 0.1) is 5.82 Å². The second-order valence-electron chi connectivity index (χ2n) is 7.30. The zero-order chi connectivity index (χ0) is 22.0. The maximum Gasteiger partial charge on any atom is 0.263 e. The lowest BCUT2D eigenvalue weighted by Gasteiger charge is -2.30. The van der Waals surface area contributed by atoms with Crippen molar-refractivity contribution in [1.82, 2.24) is 15.6 Å². The van der Waals surface area contributed by atoms with Crippen LogP contribution in [-0.2, 0) is 6.42 Å². The summed E-state index contributed by atoms with van der Waals surface area (Å²) in [5.74, 6) is -0.0224. The fourth-order valence-electron chi connectivity index (χ4n) is 3.64. The van der Waals surface area contributed by atoms with Gasteiger partial charge in [0.1, 0.15) is 15.5 Å². The van der Waals surface area contributed by atoms with Crippen LogP contribution < -0.4 is 31.3 Å². The number of carbonyl (C=O) groups is 1. The number of aromatic nitrogens is 1. The minimum atomic E-state index is -0.261.